The first-order valence-corrected chi connectivity index (χ1v) is 3.96. The molecule has 0 saturated carbocycles. The molecule has 0 aromatic carbocycles. The molecule has 0 fully saturated rings. The van der Waals surface area contributed by atoms with E-state index in [4.69, 9.17) is 17.2 Å². The van der Waals surface area contributed by atoms with Crippen molar-refractivity contribution in [2.45, 2.75) is 6.04 Å². The molecule has 0 aliphatic carbocycles. The average Bonchev–Trinajstić information content (AvgIpc) is 2.10. The normalized spacial score (nSPS) is 13.2. The highest BCUT2D eigenvalue weighted by atomic mass is 16.1. The van der Waals surface area contributed by atoms with Crippen LogP contribution in [0.5, 0.6) is 0 Å². The SMILES string of the molecule is NCC(C=CC(N)=O)NC=CC(N)=O. The predicted octanol–water partition coefficient (Wildman–Crippen LogP) is -2.06. The summed E-state index contributed by atoms with van der Waals surface area (Å²) < 4.78 is 0. The Morgan fingerprint density at radius 2 is 1.79 bits per heavy atom. The van der Waals surface area contributed by atoms with Gasteiger partial charge in [0.05, 0.1) is 6.04 Å². The van der Waals surface area contributed by atoms with Gasteiger partial charge in [-0.25, -0.2) is 0 Å². The van der Waals surface area contributed by atoms with Crippen LogP contribution in [0, 0.1) is 0 Å². The van der Waals surface area contributed by atoms with Crippen LogP contribution in [0.15, 0.2) is 24.4 Å². The molecule has 0 spiro atoms. The molecule has 0 aliphatic heterocycles. The third-order valence-electron chi connectivity index (χ3n) is 1.30. The van der Waals surface area contributed by atoms with Crippen molar-refractivity contribution in [3.8, 4) is 0 Å². The lowest BCUT2D eigenvalue weighted by Gasteiger charge is -2.08. The average molecular weight is 198 g/mol. The molecule has 14 heavy (non-hydrogen) atoms. The van der Waals surface area contributed by atoms with E-state index in [0.29, 0.717) is 0 Å². The molecule has 6 nitrogen and oxygen atoms in total. The monoisotopic (exact) mass is 198 g/mol. The van der Waals surface area contributed by atoms with Gasteiger partial charge in [0, 0.05) is 24.9 Å². The van der Waals surface area contributed by atoms with E-state index < -0.39 is 11.8 Å². The van der Waals surface area contributed by atoms with Crippen LogP contribution in [0.3, 0.4) is 0 Å². The van der Waals surface area contributed by atoms with Crippen LogP contribution in [-0.4, -0.2) is 24.4 Å². The molecule has 1 atom stereocenters. The third-order valence-corrected chi connectivity index (χ3v) is 1.30. The Morgan fingerprint density at radius 1 is 1.21 bits per heavy atom. The van der Waals surface area contributed by atoms with Gasteiger partial charge in [-0.3, -0.25) is 9.59 Å². The van der Waals surface area contributed by atoms with Gasteiger partial charge < -0.3 is 22.5 Å². The van der Waals surface area contributed by atoms with Gasteiger partial charge in [-0.05, 0) is 0 Å². The number of rotatable bonds is 6. The van der Waals surface area contributed by atoms with Crippen LogP contribution in [0.1, 0.15) is 0 Å². The van der Waals surface area contributed by atoms with E-state index in [2.05, 4.69) is 5.32 Å². The number of hydrogen-bond donors (Lipinski definition) is 4. The maximum absolute atomic E-state index is 10.4. The summed E-state index contributed by atoms with van der Waals surface area (Å²) in [5, 5.41) is 2.76. The number of carbonyl (C=O) groups excluding carboxylic acids is 2. The van der Waals surface area contributed by atoms with Crippen LogP contribution < -0.4 is 22.5 Å². The summed E-state index contributed by atoms with van der Waals surface area (Å²) in [6.45, 7) is 0.271. The zero-order valence-electron chi connectivity index (χ0n) is 7.64. The molecule has 0 saturated heterocycles. The molecule has 0 bridgehead atoms. The molecule has 7 N–H and O–H groups in total. The summed E-state index contributed by atoms with van der Waals surface area (Å²) in [6.07, 6.45) is 5.22. The topological polar surface area (TPSA) is 124 Å². The summed E-state index contributed by atoms with van der Waals surface area (Å²) in [7, 11) is 0. The van der Waals surface area contributed by atoms with E-state index >= 15 is 0 Å². The molecule has 0 heterocycles. The minimum Gasteiger partial charge on any atom is -0.383 e. The molecular weight excluding hydrogens is 184 g/mol. The van der Waals surface area contributed by atoms with Crippen molar-refractivity contribution in [2.24, 2.45) is 17.2 Å². The van der Waals surface area contributed by atoms with Crippen molar-refractivity contribution in [3.05, 3.63) is 24.4 Å². The van der Waals surface area contributed by atoms with Gasteiger partial charge in [-0.2, -0.15) is 0 Å². The number of carbonyl (C=O) groups is 2. The van der Waals surface area contributed by atoms with Crippen molar-refractivity contribution in [1.82, 2.24) is 5.32 Å². The van der Waals surface area contributed by atoms with Crippen molar-refractivity contribution < 1.29 is 9.59 Å². The zero-order chi connectivity index (χ0) is 11.0. The third kappa shape index (κ3) is 6.86. The predicted molar refractivity (Wildman–Crippen MR) is 52.6 cm³/mol. The molecule has 0 aliphatic rings. The maximum atomic E-state index is 10.4. The summed E-state index contributed by atoms with van der Waals surface area (Å²) in [5.41, 5.74) is 15.1. The van der Waals surface area contributed by atoms with Crippen LogP contribution in [0.25, 0.3) is 0 Å². The Kier molecular flexibility index (Phi) is 5.80. The summed E-state index contributed by atoms with van der Waals surface area (Å²) in [4.78, 5) is 20.7. The van der Waals surface area contributed by atoms with Gasteiger partial charge in [0.2, 0.25) is 11.8 Å². The van der Waals surface area contributed by atoms with Gasteiger partial charge in [-0.15, -0.1) is 0 Å². The Bertz CT molecular complexity index is 260. The van der Waals surface area contributed by atoms with Gasteiger partial charge >= 0.3 is 0 Å². The van der Waals surface area contributed by atoms with E-state index in [1.807, 2.05) is 0 Å². The molecule has 0 aromatic heterocycles. The highest BCUT2D eigenvalue weighted by molar-refractivity contribution is 5.86. The van der Waals surface area contributed by atoms with Gasteiger partial charge in [0.25, 0.3) is 0 Å². The number of nitrogens with two attached hydrogens (primary N) is 3. The molecule has 78 valence electrons. The van der Waals surface area contributed by atoms with Crippen LogP contribution in [0.2, 0.25) is 0 Å². The van der Waals surface area contributed by atoms with E-state index in [1.54, 1.807) is 0 Å². The van der Waals surface area contributed by atoms with Gasteiger partial charge in [0.1, 0.15) is 0 Å². The molecule has 1 unspecified atom stereocenters. The lowest BCUT2D eigenvalue weighted by Crippen LogP contribution is -2.31. The Balaban J connectivity index is 4.03. The highest BCUT2D eigenvalue weighted by Crippen LogP contribution is 1.84. The lowest BCUT2D eigenvalue weighted by atomic mass is 10.2. The van der Waals surface area contributed by atoms with Crippen LogP contribution >= 0.6 is 0 Å². The number of nitrogens with one attached hydrogen (secondary N) is 1. The fourth-order valence-corrected chi connectivity index (χ4v) is 0.667. The van der Waals surface area contributed by atoms with Crippen molar-refractivity contribution in [2.75, 3.05) is 6.54 Å². The fourth-order valence-electron chi connectivity index (χ4n) is 0.667. The smallest absolute Gasteiger partial charge is 0.242 e. The second-order valence-corrected chi connectivity index (χ2v) is 2.51. The highest BCUT2D eigenvalue weighted by Gasteiger charge is 1.97. The molecule has 0 radical (unpaired) electrons. The van der Waals surface area contributed by atoms with Crippen LogP contribution in [0.4, 0.5) is 0 Å². The summed E-state index contributed by atoms with van der Waals surface area (Å²) >= 11 is 0. The molecule has 6 heteroatoms. The minimum absolute atomic E-state index is 0.252. The first-order chi connectivity index (χ1) is 6.56. The Hall–Kier alpha value is -1.82. The number of primary amides is 2. The summed E-state index contributed by atoms with van der Waals surface area (Å²) in [5.74, 6) is -1.11. The van der Waals surface area contributed by atoms with E-state index in [-0.39, 0.29) is 12.6 Å². The molecular formula is C8H14N4O2. The number of amides is 2. The molecule has 2 amide bonds. The fraction of sp³-hybridized carbons (Fsp3) is 0.250. The van der Waals surface area contributed by atoms with Crippen molar-refractivity contribution >= 4 is 11.8 Å². The quantitative estimate of drug-likeness (QED) is 0.366. The van der Waals surface area contributed by atoms with Gasteiger partial charge in [0.15, 0.2) is 0 Å². The van der Waals surface area contributed by atoms with Crippen LogP contribution in [-0.2, 0) is 9.59 Å². The molecule has 0 aromatic rings. The Morgan fingerprint density at radius 3 is 2.21 bits per heavy atom. The summed E-state index contributed by atoms with van der Waals surface area (Å²) in [6, 6.07) is -0.252. The minimum atomic E-state index is -0.563. The Labute approximate surface area is 81.8 Å². The number of hydrogen-bond acceptors (Lipinski definition) is 4. The van der Waals surface area contributed by atoms with E-state index in [0.717, 1.165) is 6.08 Å². The first kappa shape index (κ1) is 12.2. The zero-order valence-corrected chi connectivity index (χ0v) is 7.64. The standard InChI is InChI=1S/C8H14N4O2/c9-5-6(1-2-7(10)13)12-4-3-8(11)14/h1-4,6,12H,5,9H2,(H2,10,13)(H2,11,14). The van der Waals surface area contributed by atoms with Gasteiger partial charge in [-0.1, -0.05) is 6.08 Å². The second kappa shape index (κ2) is 6.67. The largest absolute Gasteiger partial charge is 0.383 e. The first-order valence-electron chi connectivity index (χ1n) is 3.96. The molecule has 0 rings (SSSR count). The second-order valence-electron chi connectivity index (χ2n) is 2.51. The van der Waals surface area contributed by atoms with E-state index in [9.17, 15) is 9.59 Å². The maximum Gasteiger partial charge on any atom is 0.242 e. The lowest BCUT2D eigenvalue weighted by molar-refractivity contribution is -0.114. The van der Waals surface area contributed by atoms with E-state index in [1.165, 1.54) is 18.4 Å². The van der Waals surface area contributed by atoms with Crippen molar-refractivity contribution in [3.63, 3.8) is 0 Å². The van der Waals surface area contributed by atoms with Crippen molar-refractivity contribution in [1.29, 1.82) is 0 Å².